The molecule has 0 saturated heterocycles. The van der Waals surface area contributed by atoms with Crippen molar-refractivity contribution in [3.63, 3.8) is 0 Å². The van der Waals surface area contributed by atoms with Crippen LogP contribution < -0.4 is 15.8 Å². The molecule has 0 atom stereocenters. The maximum absolute atomic E-state index is 11.1. The minimum atomic E-state index is -1.07. The van der Waals surface area contributed by atoms with Crippen molar-refractivity contribution in [2.45, 2.75) is 6.92 Å². The fraction of sp³-hybridized carbons (Fsp3) is 0.200. The van der Waals surface area contributed by atoms with Crippen LogP contribution in [-0.4, -0.2) is 18.9 Å². The molecule has 0 radical (unpaired) electrons. The number of methoxy groups -OCH3 is 1. The second-order valence-electron chi connectivity index (χ2n) is 3.12. The van der Waals surface area contributed by atoms with Gasteiger partial charge < -0.3 is 15.8 Å². The van der Waals surface area contributed by atoms with Crippen LogP contribution in [0.25, 0.3) is 0 Å². The van der Waals surface area contributed by atoms with Crippen molar-refractivity contribution >= 4 is 29.1 Å². The average Bonchev–Trinajstić information content (AvgIpc) is 2.16. The third kappa shape index (κ3) is 2.64. The highest BCUT2D eigenvalue weighted by atomic mass is 35.5. The number of hydrogen-bond donors (Lipinski definition) is 2. The molecule has 6 heteroatoms. The van der Waals surface area contributed by atoms with Gasteiger partial charge in [0, 0.05) is 5.02 Å². The number of carbonyl (C=O) groups excluding carboxylic acids is 2. The molecule has 1 rings (SSSR count). The maximum Gasteiger partial charge on any atom is 0.313 e. The summed E-state index contributed by atoms with van der Waals surface area (Å²) >= 11 is 5.82. The molecule has 3 N–H and O–H groups in total. The van der Waals surface area contributed by atoms with E-state index >= 15 is 0 Å². The lowest BCUT2D eigenvalue weighted by Crippen LogP contribution is -2.29. The van der Waals surface area contributed by atoms with Crippen LogP contribution >= 0.6 is 11.6 Å². The van der Waals surface area contributed by atoms with Crippen LogP contribution in [0.4, 0.5) is 5.69 Å². The van der Waals surface area contributed by atoms with Crippen molar-refractivity contribution in [3.05, 3.63) is 22.7 Å². The second-order valence-corrected chi connectivity index (χ2v) is 3.56. The molecule has 0 spiro atoms. The minimum Gasteiger partial charge on any atom is -0.494 e. The highest BCUT2D eigenvalue weighted by Crippen LogP contribution is 2.31. The van der Waals surface area contributed by atoms with Gasteiger partial charge >= 0.3 is 11.8 Å². The minimum absolute atomic E-state index is 0.316. The van der Waals surface area contributed by atoms with E-state index in [9.17, 15) is 9.59 Å². The molecule has 1 aromatic rings. The van der Waals surface area contributed by atoms with Gasteiger partial charge in [-0.15, -0.1) is 0 Å². The van der Waals surface area contributed by atoms with Gasteiger partial charge in [-0.1, -0.05) is 11.6 Å². The second kappa shape index (κ2) is 4.85. The molecular weight excluding hydrogens is 232 g/mol. The zero-order chi connectivity index (χ0) is 12.3. The number of primary amides is 1. The van der Waals surface area contributed by atoms with E-state index in [0.29, 0.717) is 16.5 Å². The molecule has 0 unspecified atom stereocenters. The molecule has 86 valence electrons. The number of nitrogens with two attached hydrogens (primary N) is 1. The van der Waals surface area contributed by atoms with E-state index in [1.807, 2.05) is 0 Å². The zero-order valence-corrected chi connectivity index (χ0v) is 9.59. The van der Waals surface area contributed by atoms with E-state index in [1.165, 1.54) is 13.2 Å². The van der Waals surface area contributed by atoms with Gasteiger partial charge in [-0.05, 0) is 24.6 Å². The van der Waals surface area contributed by atoms with E-state index < -0.39 is 11.8 Å². The SMILES string of the molecule is COc1c(C)cc(Cl)cc1NC(=O)C(N)=O. The van der Waals surface area contributed by atoms with Crippen molar-refractivity contribution in [2.75, 3.05) is 12.4 Å². The molecule has 1 aromatic carbocycles. The summed E-state index contributed by atoms with van der Waals surface area (Å²) in [5.74, 6) is -1.54. The first-order valence-corrected chi connectivity index (χ1v) is 4.78. The normalized spacial score (nSPS) is 9.69. The van der Waals surface area contributed by atoms with Gasteiger partial charge in [-0.25, -0.2) is 0 Å². The molecule has 0 bridgehead atoms. The fourth-order valence-corrected chi connectivity index (χ4v) is 1.55. The van der Waals surface area contributed by atoms with Gasteiger partial charge in [0.05, 0.1) is 12.8 Å². The Bertz CT molecular complexity index is 446. The lowest BCUT2D eigenvalue weighted by Gasteiger charge is -2.12. The molecule has 0 fully saturated rings. The molecule has 0 saturated carbocycles. The Balaban J connectivity index is 3.12. The number of rotatable bonds is 2. The quantitative estimate of drug-likeness (QED) is 0.762. The van der Waals surface area contributed by atoms with Crippen molar-refractivity contribution < 1.29 is 14.3 Å². The predicted octanol–water partition coefficient (Wildman–Crippen LogP) is 1.08. The molecule has 0 heterocycles. The molecule has 0 aliphatic carbocycles. The Morgan fingerprint density at radius 3 is 2.56 bits per heavy atom. The van der Waals surface area contributed by atoms with Gasteiger partial charge in [-0.2, -0.15) is 0 Å². The van der Waals surface area contributed by atoms with E-state index in [4.69, 9.17) is 22.1 Å². The van der Waals surface area contributed by atoms with Gasteiger partial charge in [-0.3, -0.25) is 9.59 Å². The Hall–Kier alpha value is -1.75. The smallest absolute Gasteiger partial charge is 0.313 e. The summed E-state index contributed by atoms with van der Waals surface area (Å²) in [7, 11) is 1.45. The van der Waals surface area contributed by atoms with Gasteiger partial charge in [0.1, 0.15) is 5.75 Å². The Kier molecular flexibility index (Phi) is 3.73. The van der Waals surface area contributed by atoms with Gasteiger partial charge in [0.25, 0.3) is 0 Å². The van der Waals surface area contributed by atoms with Crippen LogP contribution in [0.15, 0.2) is 12.1 Å². The van der Waals surface area contributed by atoms with Crippen LogP contribution in [0.5, 0.6) is 5.75 Å². The van der Waals surface area contributed by atoms with Gasteiger partial charge in [0.2, 0.25) is 0 Å². The predicted molar refractivity (Wildman–Crippen MR) is 60.6 cm³/mol. The fourth-order valence-electron chi connectivity index (χ4n) is 1.28. The lowest BCUT2D eigenvalue weighted by atomic mass is 10.2. The Morgan fingerprint density at radius 1 is 1.44 bits per heavy atom. The Morgan fingerprint density at radius 2 is 2.06 bits per heavy atom. The highest BCUT2D eigenvalue weighted by Gasteiger charge is 2.14. The molecular formula is C10H11ClN2O3. The molecule has 0 aromatic heterocycles. The van der Waals surface area contributed by atoms with E-state index in [2.05, 4.69) is 5.32 Å². The number of amides is 2. The zero-order valence-electron chi connectivity index (χ0n) is 8.83. The van der Waals surface area contributed by atoms with Crippen LogP contribution in [0.1, 0.15) is 5.56 Å². The maximum atomic E-state index is 11.1. The largest absolute Gasteiger partial charge is 0.494 e. The molecule has 0 aliphatic heterocycles. The van der Waals surface area contributed by atoms with Crippen LogP contribution in [0.2, 0.25) is 5.02 Å². The summed E-state index contributed by atoms with van der Waals surface area (Å²) in [5, 5.41) is 2.75. The number of aryl methyl sites for hydroxylation is 1. The summed E-state index contributed by atoms with van der Waals surface area (Å²) in [5.41, 5.74) is 5.89. The molecule has 16 heavy (non-hydrogen) atoms. The van der Waals surface area contributed by atoms with E-state index in [-0.39, 0.29) is 0 Å². The number of carbonyl (C=O) groups is 2. The number of halogens is 1. The first-order valence-electron chi connectivity index (χ1n) is 4.40. The Labute approximate surface area is 97.5 Å². The van der Waals surface area contributed by atoms with Gasteiger partial charge in [0.15, 0.2) is 0 Å². The summed E-state index contributed by atoms with van der Waals surface area (Å²) in [6.07, 6.45) is 0. The summed E-state index contributed by atoms with van der Waals surface area (Å²) in [6, 6.07) is 3.16. The van der Waals surface area contributed by atoms with Crippen LogP contribution in [0.3, 0.4) is 0 Å². The van der Waals surface area contributed by atoms with Crippen LogP contribution in [0, 0.1) is 6.92 Å². The number of benzene rings is 1. The third-order valence-electron chi connectivity index (χ3n) is 1.92. The molecule has 5 nitrogen and oxygen atoms in total. The van der Waals surface area contributed by atoms with Crippen molar-refractivity contribution in [1.29, 1.82) is 0 Å². The van der Waals surface area contributed by atoms with Crippen molar-refractivity contribution in [3.8, 4) is 5.75 Å². The summed E-state index contributed by atoms with van der Waals surface area (Å²) in [4.78, 5) is 21.7. The lowest BCUT2D eigenvalue weighted by molar-refractivity contribution is -0.134. The van der Waals surface area contributed by atoms with Crippen molar-refractivity contribution in [1.82, 2.24) is 0 Å². The number of ether oxygens (including phenoxy) is 1. The topological polar surface area (TPSA) is 81.4 Å². The summed E-state index contributed by atoms with van der Waals surface area (Å²) in [6.45, 7) is 1.77. The first-order chi connectivity index (χ1) is 7.45. The highest BCUT2D eigenvalue weighted by molar-refractivity contribution is 6.39. The number of nitrogens with one attached hydrogen (secondary N) is 1. The van der Waals surface area contributed by atoms with E-state index in [1.54, 1.807) is 13.0 Å². The molecule has 2 amide bonds. The van der Waals surface area contributed by atoms with E-state index in [0.717, 1.165) is 5.56 Å². The van der Waals surface area contributed by atoms with Crippen molar-refractivity contribution in [2.24, 2.45) is 5.73 Å². The first kappa shape index (κ1) is 12.3. The molecule has 0 aliphatic rings. The third-order valence-corrected chi connectivity index (χ3v) is 2.13. The average molecular weight is 243 g/mol. The monoisotopic (exact) mass is 242 g/mol. The number of anilines is 1. The van der Waals surface area contributed by atoms with Crippen LogP contribution in [-0.2, 0) is 9.59 Å². The standard InChI is InChI=1S/C10H11ClN2O3/c1-5-3-6(11)4-7(8(5)16-2)13-10(15)9(12)14/h3-4H,1-2H3,(H2,12,14)(H,13,15). The summed E-state index contributed by atoms with van der Waals surface area (Å²) < 4.78 is 5.09. The number of hydrogen-bond acceptors (Lipinski definition) is 3.